The van der Waals surface area contributed by atoms with E-state index in [4.69, 9.17) is 4.98 Å². The van der Waals surface area contributed by atoms with E-state index in [2.05, 4.69) is 0 Å². The van der Waals surface area contributed by atoms with Crippen molar-refractivity contribution < 1.29 is 8.42 Å². The Labute approximate surface area is 194 Å². The Bertz CT molecular complexity index is 1520. The van der Waals surface area contributed by atoms with E-state index >= 15 is 0 Å². The molecular weight excluding hydrogens is 434 g/mol. The van der Waals surface area contributed by atoms with Crippen LogP contribution in [0.2, 0.25) is 0 Å². The van der Waals surface area contributed by atoms with Crippen LogP contribution in [0.4, 0.5) is 0 Å². The largest absolute Gasteiger partial charge is 0.268 e. The average Bonchev–Trinajstić information content (AvgIpc) is 2.78. The van der Waals surface area contributed by atoms with Crippen molar-refractivity contribution in [1.29, 1.82) is 0 Å². The van der Waals surface area contributed by atoms with Crippen LogP contribution >= 0.6 is 0 Å². The number of sulfonamides is 1. The van der Waals surface area contributed by atoms with E-state index in [1.165, 1.54) is 11.4 Å². The fourth-order valence-electron chi connectivity index (χ4n) is 4.03. The lowest BCUT2D eigenvalue weighted by atomic mass is 10.1. The number of nitrogens with zero attached hydrogens (tertiary/aromatic N) is 3. The fourth-order valence-corrected chi connectivity index (χ4v) is 5.46. The van der Waals surface area contributed by atoms with E-state index in [-0.39, 0.29) is 10.5 Å². The lowest BCUT2D eigenvalue weighted by molar-refractivity contribution is 0.379. The summed E-state index contributed by atoms with van der Waals surface area (Å²) in [5.41, 5.74) is 3.83. The summed E-state index contributed by atoms with van der Waals surface area (Å²) in [6.07, 6.45) is 0. The molecule has 0 radical (unpaired) electrons. The molecule has 1 aromatic heterocycles. The van der Waals surface area contributed by atoms with E-state index in [1.807, 2.05) is 51.1 Å². The lowest BCUT2D eigenvalue weighted by Gasteiger charge is -2.27. The second-order valence-electron chi connectivity index (χ2n) is 8.43. The van der Waals surface area contributed by atoms with Gasteiger partial charge in [0.15, 0.2) is 0 Å². The molecule has 0 saturated heterocycles. The summed E-state index contributed by atoms with van der Waals surface area (Å²) < 4.78 is 29.7. The summed E-state index contributed by atoms with van der Waals surface area (Å²) in [5, 5.41) is 0.484. The topological polar surface area (TPSA) is 72.3 Å². The summed E-state index contributed by atoms with van der Waals surface area (Å²) >= 11 is 0. The highest BCUT2D eigenvalue weighted by molar-refractivity contribution is 7.89. The zero-order valence-electron chi connectivity index (χ0n) is 19.4. The fraction of sp³-hybridized carbons (Fsp3) is 0.231. The predicted molar refractivity (Wildman–Crippen MR) is 131 cm³/mol. The van der Waals surface area contributed by atoms with Gasteiger partial charge in [-0.05, 0) is 69.2 Å². The second-order valence-corrected chi connectivity index (χ2v) is 10.4. The first kappa shape index (κ1) is 22.9. The van der Waals surface area contributed by atoms with Crippen LogP contribution in [0.25, 0.3) is 16.6 Å². The van der Waals surface area contributed by atoms with Gasteiger partial charge in [-0.15, -0.1) is 0 Å². The third-order valence-corrected chi connectivity index (χ3v) is 7.90. The predicted octanol–water partition coefficient (Wildman–Crippen LogP) is 4.69. The number of para-hydroxylation sites is 1. The Morgan fingerprint density at radius 1 is 0.909 bits per heavy atom. The summed E-state index contributed by atoms with van der Waals surface area (Å²) in [6.45, 7) is 7.53. The summed E-state index contributed by atoms with van der Waals surface area (Å²) in [4.78, 5) is 18.6. The number of rotatable bonds is 5. The average molecular weight is 462 g/mol. The number of benzene rings is 3. The van der Waals surface area contributed by atoms with Gasteiger partial charge in [0.1, 0.15) is 5.82 Å². The molecule has 0 aliphatic heterocycles. The first-order valence-electron chi connectivity index (χ1n) is 10.8. The van der Waals surface area contributed by atoms with Crippen LogP contribution in [0.15, 0.2) is 76.4 Å². The molecule has 7 heteroatoms. The van der Waals surface area contributed by atoms with Crippen LogP contribution in [0.1, 0.15) is 35.5 Å². The molecule has 4 rings (SSSR count). The zero-order valence-corrected chi connectivity index (χ0v) is 20.2. The van der Waals surface area contributed by atoms with Gasteiger partial charge in [-0.2, -0.15) is 4.31 Å². The SMILES string of the molecule is Cc1cccc(S(=O)(=O)N(C)C(C)c2nc3ccccc3c(=O)n2-c2ccc(C)cc2C)c1. The van der Waals surface area contributed by atoms with Gasteiger partial charge in [0.25, 0.3) is 5.56 Å². The summed E-state index contributed by atoms with van der Waals surface area (Å²) in [6, 6.07) is 19.0. The first-order chi connectivity index (χ1) is 15.6. The Kier molecular flexibility index (Phi) is 5.95. The minimum atomic E-state index is -3.81. The molecule has 3 aromatic carbocycles. The molecule has 33 heavy (non-hydrogen) atoms. The Morgan fingerprint density at radius 3 is 2.30 bits per heavy atom. The monoisotopic (exact) mass is 461 g/mol. The molecule has 0 aliphatic rings. The van der Waals surface area contributed by atoms with Gasteiger partial charge in [-0.3, -0.25) is 9.36 Å². The molecule has 0 N–H and O–H groups in total. The first-order valence-corrected chi connectivity index (χ1v) is 12.2. The lowest BCUT2D eigenvalue weighted by Crippen LogP contribution is -2.35. The standard InChI is InChI=1S/C26H27N3O3S/c1-17-9-8-10-21(16-17)33(31,32)28(5)20(4)25-27-23-12-7-6-11-22(23)26(30)29(25)24-14-13-18(2)15-19(24)3/h6-16,20H,1-5H3. The highest BCUT2D eigenvalue weighted by Gasteiger charge is 2.30. The van der Waals surface area contributed by atoms with Crippen molar-refractivity contribution in [3.8, 4) is 5.69 Å². The maximum Gasteiger partial charge on any atom is 0.266 e. The molecule has 4 aromatic rings. The maximum absolute atomic E-state index is 13.6. The van der Waals surface area contributed by atoms with Gasteiger partial charge < -0.3 is 0 Å². The van der Waals surface area contributed by atoms with Crippen molar-refractivity contribution in [2.24, 2.45) is 0 Å². The van der Waals surface area contributed by atoms with E-state index in [0.29, 0.717) is 22.4 Å². The molecule has 0 bridgehead atoms. The molecule has 0 aliphatic carbocycles. The molecule has 0 amide bonds. The number of hydrogen-bond acceptors (Lipinski definition) is 4. The van der Waals surface area contributed by atoms with Gasteiger partial charge >= 0.3 is 0 Å². The third-order valence-electron chi connectivity index (χ3n) is 5.98. The van der Waals surface area contributed by atoms with Crippen LogP contribution in [0.5, 0.6) is 0 Å². The zero-order chi connectivity index (χ0) is 23.9. The highest BCUT2D eigenvalue weighted by Crippen LogP contribution is 2.28. The minimum absolute atomic E-state index is 0.207. The molecule has 0 saturated carbocycles. The number of fused-ring (bicyclic) bond motifs is 1. The van der Waals surface area contributed by atoms with Crippen LogP contribution in [-0.2, 0) is 10.0 Å². The summed E-state index contributed by atoms with van der Waals surface area (Å²) in [7, 11) is -2.29. The van der Waals surface area contributed by atoms with Gasteiger partial charge in [0.2, 0.25) is 10.0 Å². The maximum atomic E-state index is 13.6. The minimum Gasteiger partial charge on any atom is -0.268 e. The van der Waals surface area contributed by atoms with E-state index < -0.39 is 16.1 Å². The third kappa shape index (κ3) is 4.10. The molecule has 1 heterocycles. The second kappa shape index (κ2) is 8.57. The van der Waals surface area contributed by atoms with E-state index in [0.717, 1.165) is 16.7 Å². The van der Waals surface area contributed by atoms with Crippen molar-refractivity contribution in [2.45, 2.75) is 38.6 Å². The van der Waals surface area contributed by atoms with Crippen LogP contribution in [0, 0.1) is 20.8 Å². The van der Waals surface area contributed by atoms with Crippen molar-refractivity contribution in [3.63, 3.8) is 0 Å². The molecule has 1 atom stereocenters. The smallest absolute Gasteiger partial charge is 0.266 e. The molecule has 170 valence electrons. The quantitative estimate of drug-likeness (QED) is 0.432. The Morgan fingerprint density at radius 2 is 1.61 bits per heavy atom. The number of hydrogen-bond donors (Lipinski definition) is 0. The van der Waals surface area contributed by atoms with Crippen molar-refractivity contribution in [1.82, 2.24) is 13.9 Å². The van der Waals surface area contributed by atoms with Gasteiger partial charge in [0.05, 0.1) is 27.5 Å². The molecule has 1 unspecified atom stereocenters. The Balaban J connectivity index is 1.95. The highest BCUT2D eigenvalue weighted by atomic mass is 32.2. The van der Waals surface area contributed by atoms with Crippen LogP contribution < -0.4 is 5.56 Å². The Hall–Kier alpha value is -3.29. The van der Waals surface area contributed by atoms with Crippen LogP contribution in [-0.4, -0.2) is 29.3 Å². The number of aromatic nitrogens is 2. The van der Waals surface area contributed by atoms with Gasteiger partial charge in [-0.1, -0.05) is 42.0 Å². The molecule has 6 nitrogen and oxygen atoms in total. The molecule has 0 fully saturated rings. The molecular formula is C26H27N3O3S. The molecule has 0 spiro atoms. The normalized spacial score (nSPS) is 12.9. The van der Waals surface area contributed by atoms with Crippen molar-refractivity contribution >= 4 is 20.9 Å². The number of aryl methyl sites for hydroxylation is 3. The van der Waals surface area contributed by atoms with Crippen molar-refractivity contribution in [2.75, 3.05) is 7.05 Å². The van der Waals surface area contributed by atoms with Crippen molar-refractivity contribution in [3.05, 3.63) is 99.6 Å². The van der Waals surface area contributed by atoms with E-state index in [9.17, 15) is 13.2 Å². The van der Waals surface area contributed by atoms with Gasteiger partial charge in [-0.25, -0.2) is 13.4 Å². The van der Waals surface area contributed by atoms with Gasteiger partial charge in [0, 0.05) is 7.05 Å². The van der Waals surface area contributed by atoms with Crippen LogP contribution in [0.3, 0.4) is 0 Å². The summed E-state index contributed by atoms with van der Waals surface area (Å²) in [5.74, 6) is 0.365. The van der Waals surface area contributed by atoms with E-state index in [1.54, 1.807) is 47.9 Å².